The van der Waals surface area contributed by atoms with Crippen molar-refractivity contribution in [2.45, 2.75) is 13.8 Å². The van der Waals surface area contributed by atoms with Gasteiger partial charge in [0.1, 0.15) is 12.4 Å². The smallest absolute Gasteiger partial charge is 0.325 e. The molecule has 2 aromatic carbocycles. The van der Waals surface area contributed by atoms with E-state index in [2.05, 4.69) is 16.2 Å². The molecule has 33 heavy (non-hydrogen) atoms. The number of hydrogen-bond acceptors (Lipinski definition) is 7. The molecule has 0 saturated heterocycles. The van der Waals surface area contributed by atoms with Crippen LogP contribution in [0.5, 0.6) is 11.5 Å². The number of amides is 3. The lowest BCUT2D eigenvalue weighted by atomic mass is 10.2. The van der Waals surface area contributed by atoms with Crippen molar-refractivity contribution in [1.29, 1.82) is 0 Å². The number of rotatable bonds is 10. The number of ether oxygens (including phenoxy) is 3. The summed E-state index contributed by atoms with van der Waals surface area (Å²) in [5.74, 6) is -2.51. The first-order valence-electron chi connectivity index (χ1n) is 10.0. The zero-order chi connectivity index (χ0) is 24.2. The number of hydrazine groups is 1. The molecule has 10 nitrogen and oxygen atoms in total. The van der Waals surface area contributed by atoms with Crippen molar-refractivity contribution in [3.63, 3.8) is 0 Å². The first-order valence-corrected chi connectivity index (χ1v) is 10.0. The Morgan fingerprint density at radius 1 is 0.818 bits per heavy atom. The number of esters is 1. The zero-order valence-electron chi connectivity index (χ0n) is 18.1. The third-order valence-corrected chi connectivity index (χ3v) is 3.98. The van der Waals surface area contributed by atoms with Crippen LogP contribution in [-0.2, 0) is 14.3 Å². The Morgan fingerprint density at radius 2 is 1.45 bits per heavy atom. The van der Waals surface area contributed by atoms with E-state index in [1.165, 1.54) is 24.3 Å². The fourth-order valence-corrected chi connectivity index (χ4v) is 2.48. The quantitative estimate of drug-likeness (QED) is 0.360. The second-order valence-corrected chi connectivity index (χ2v) is 6.38. The first kappa shape index (κ1) is 25.1. The summed E-state index contributed by atoms with van der Waals surface area (Å²) in [5.41, 5.74) is 4.52. The van der Waals surface area contributed by atoms with Gasteiger partial charge in [-0.2, -0.15) is 0 Å². The molecule has 0 heterocycles. The molecule has 0 atom stereocenters. The molecule has 3 amide bonds. The lowest BCUT2D eigenvalue weighted by Gasteiger charge is -2.12. The number of carbonyl (C=O) groups is 4. The second-order valence-electron chi connectivity index (χ2n) is 6.38. The average molecular weight is 461 g/mol. The summed E-state index contributed by atoms with van der Waals surface area (Å²) in [5, 5.41) is 2.38. The van der Waals surface area contributed by atoms with Crippen LogP contribution in [0.2, 0.25) is 0 Å². The van der Waals surface area contributed by atoms with E-state index in [9.17, 15) is 23.6 Å². The summed E-state index contributed by atoms with van der Waals surface area (Å²) in [7, 11) is 0. The molecule has 0 aliphatic heterocycles. The number of benzene rings is 2. The summed E-state index contributed by atoms with van der Waals surface area (Å²) in [6.45, 7) is 3.26. The summed E-state index contributed by atoms with van der Waals surface area (Å²) in [6.07, 6.45) is 0. The van der Waals surface area contributed by atoms with Gasteiger partial charge in [-0.05, 0) is 56.3 Å². The Hall–Kier alpha value is -4.15. The maximum Gasteiger partial charge on any atom is 0.325 e. The predicted octanol–water partition coefficient (Wildman–Crippen LogP) is 1.36. The molecule has 0 saturated carbocycles. The van der Waals surface area contributed by atoms with Gasteiger partial charge in [0.15, 0.2) is 18.1 Å². The van der Waals surface area contributed by atoms with Crippen molar-refractivity contribution in [2.24, 2.45) is 0 Å². The molecule has 2 rings (SSSR count). The van der Waals surface area contributed by atoms with E-state index in [-0.39, 0.29) is 11.1 Å². The monoisotopic (exact) mass is 461 g/mol. The third kappa shape index (κ3) is 8.13. The van der Waals surface area contributed by atoms with Crippen LogP contribution < -0.4 is 25.6 Å². The van der Waals surface area contributed by atoms with Gasteiger partial charge in [0.25, 0.3) is 17.7 Å². The summed E-state index contributed by atoms with van der Waals surface area (Å²) < 4.78 is 28.5. The highest BCUT2D eigenvalue weighted by atomic mass is 19.1. The van der Waals surface area contributed by atoms with Gasteiger partial charge < -0.3 is 19.5 Å². The van der Waals surface area contributed by atoms with Crippen LogP contribution in [-0.4, -0.2) is 50.1 Å². The van der Waals surface area contributed by atoms with E-state index in [1.807, 2.05) is 6.92 Å². The topological polar surface area (TPSA) is 132 Å². The van der Waals surface area contributed by atoms with Crippen LogP contribution in [0.4, 0.5) is 4.39 Å². The highest BCUT2D eigenvalue weighted by Gasteiger charge is 2.14. The van der Waals surface area contributed by atoms with Crippen molar-refractivity contribution < 1.29 is 37.8 Å². The number of hydrogen-bond donors (Lipinski definition) is 3. The summed E-state index contributed by atoms with van der Waals surface area (Å²) in [4.78, 5) is 47.6. The van der Waals surface area contributed by atoms with Crippen molar-refractivity contribution in [3.8, 4) is 11.5 Å². The maximum absolute atomic E-state index is 12.9. The lowest BCUT2D eigenvalue weighted by Crippen LogP contribution is -2.44. The van der Waals surface area contributed by atoms with E-state index in [0.717, 1.165) is 12.1 Å². The molecule has 0 unspecified atom stereocenters. The molecule has 0 aliphatic carbocycles. The van der Waals surface area contributed by atoms with Gasteiger partial charge in [-0.25, -0.2) is 4.39 Å². The standard InChI is InChI=1S/C22H24FN3O7/c1-3-31-17-10-7-15(11-18(17)32-4-2)21(29)24-12-20(28)33-13-19(27)25-26-22(30)14-5-8-16(23)9-6-14/h5-11H,3-4,12-13H2,1-2H3,(H,24,29)(H,25,27)(H,26,30). The largest absolute Gasteiger partial charge is 0.490 e. The number of carbonyl (C=O) groups excluding carboxylic acids is 4. The molecule has 0 radical (unpaired) electrons. The highest BCUT2D eigenvalue weighted by molar-refractivity contribution is 5.97. The van der Waals surface area contributed by atoms with Crippen LogP contribution in [0.3, 0.4) is 0 Å². The van der Waals surface area contributed by atoms with Crippen LogP contribution in [0.1, 0.15) is 34.6 Å². The van der Waals surface area contributed by atoms with Crippen molar-refractivity contribution in [3.05, 3.63) is 59.4 Å². The molecule has 0 spiro atoms. The average Bonchev–Trinajstić information content (AvgIpc) is 2.81. The Balaban J connectivity index is 1.75. The van der Waals surface area contributed by atoms with Crippen molar-refractivity contribution in [2.75, 3.05) is 26.4 Å². The fourth-order valence-electron chi connectivity index (χ4n) is 2.48. The second kappa shape index (κ2) is 12.6. The minimum Gasteiger partial charge on any atom is -0.490 e. The van der Waals surface area contributed by atoms with E-state index in [4.69, 9.17) is 14.2 Å². The lowest BCUT2D eigenvalue weighted by molar-refractivity contribution is -0.147. The Kier molecular flexibility index (Phi) is 9.62. The van der Waals surface area contributed by atoms with E-state index < -0.39 is 42.7 Å². The fraction of sp³-hybridized carbons (Fsp3) is 0.273. The Labute approximate surface area is 189 Å². The molecule has 0 bridgehead atoms. The number of nitrogens with one attached hydrogen (secondary N) is 3. The Bertz CT molecular complexity index is 996. The van der Waals surface area contributed by atoms with Gasteiger partial charge in [-0.3, -0.25) is 30.0 Å². The van der Waals surface area contributed by atoms with Gasteiger partial charge in [-0.1, -0.05) is 0 Å². The normalized spacial score (nSPS) is 10.0. The molecular formula is C22H24FN3O7. The molecule has 0 aliphatic rings. The van der Waals surface area contributed by atoms with Crippen LogP contribution in [0, 0.1) is 5.82 Å². The zero-order valence-corrected chi connectivity index (χ0v) is 18.1. The first-order chi connectivity index (χ1) is 15.8. The van der Waals surface area contributed by atoms with E-state index in [0.29, 0.717) is 24.7 Å². The van der Waals surface area contributed by atoms with Crippen LogP contribution >= 0.6 is 0 Å². The molecule has 11 heteroatoms. The molecule has 2 aromatic rings. The van der Waals surface area contributed by atoms with E-state index in [1.54, 1.807) is 13.0 Å². The van der Waals surface area contributed by atoms with Crippen LogP contribution in [0.15, 0.2) is 42.5 Å². The SMILES string of the molecule is CCOc1ccc(C(=O)NCC(=O)OCC(=O)NNC(=O)c2ccc(F)cc2)cc1OCC. The molecule has 0 aromatic heterocycles. The molecule has 3 N–H and O–H groups in total. The Morgan fingerprint density at radius 3 is 2.12 bits per heavy atom. The maximum atomic E-state index is 12.9. The minimum atomic E-state index is -0.862. The van der Waals surface area contributed by atoms with Gasteiger partial charge >= 0.3 is 5.97 Å². The van der Waals surface area contributed by atoms with Crippen LogP contribution in [0.25, 0.3) is 0 Å². The van der Waals surface area contributed by atoms with Gasteiger partial charge in [0.2, 0.25) is 0 Å². The summed E-state index contributed by atoms with van der Waals surface area (Å²) >= 11 is 0. The van der Waals surface area contributed by atoms with Gasteiger partial charge in [0.05, 0.1) is 13.2 Å². The molecular weight excluding hydrogens is 437 g/mol. The van der Waals surface area contributed by atoms with E-state index >= 15 is 0 Å². The van der Waals surface area contributed by atoms with Crippen molar-refractivity contribution in [1.82, 2.24) is 16.2 Å². The summed E-state index contributed by atoms with van der Waals surface area (Å²) in [6, 6.07) is 9.27. The third-order valence-electron chi connectivity index (χ3n) is 3.98. The number of halogens is 1. The molecule has 176 valence electrons. The van der Waals surface area contributed by atoms with Gasteiger partial charge in [-0.15, -0.1) is 0 Å². The highest BCUT2D eigenvalue weighted by Crippen LogP contribution is 2.28. The predicted molar refractivity (Wildman–Crippen MR) is 114 cm³/mol. The van der Waals surface area contributed by atoms with Crippen molar-refractivity contribution >= 4 is 23.7 Å². The molecule has 0 fully saturated rings. The minimum absolute atomic E-state index is 0.123. The van der Waals surface area contributed by atoms with Gasteiger partial charge in [0, 0.05) is 11.1 Å².